The number of rotatable bonds is 10. The number of benzene rings is 2. The first-order valence-corrected chi connectivity index (χ1v) is 13.4. The van der Waals surface area contributed by atoms with Gasteiger partial charge in [0.05, 0.1) is 49.6 Å². The minimum Gasteiger partial charge on any atom is -0.383 e. The molecule has 0 spiro atoms. The summed E-state index contributed by atoms with van der Waals surface area (Å²) < 4.78 is 97.7. The average molecular weight is 587 g/mol. The molecule has 3 rings (SSSR count). The Kier molecular flexibility index (Phi) is 11.6. The largest absolute Gasteiger partial charge is 0.416 e. The van der Waals surface area contributed by atoms with Crippen molar-refractivity contribution in [1.82, 2.24) is 9.80 Å². The van der Waals surface area contributed by atoms with Gasteiger partial charge in [0.15, 0.2) is 6.29 Å². The monoisotopic (exact) mass is 586 g/mol. The first-order valence-electron chi connectivity index (χ1n) is 13.4. The van der Waals surface area contributed by atoms with E-state index in [1.807, 2.05) is 35.2 Å². The van der Waals surface area contributed by atoms with Crippen LogP contribution in [0.5, 0.6) is 0 Å². The number of hydrogen-bond acceptors (Lipinski definition) is 5. The van der Waals surface area contributed by atoms with Gasteiger partial charge in [-0.2, -0.15) is 26.3 Å². The third-order valence-corrected chi connectivity index (χ3v) is 6.87. The van der Waals surface area contributed by atoms with Crippen LogP contribution in [0.25, 0.3) is 0 Å². The van der Waals surface area contributed by atoms with Gasteiger partial charge in [0, 0.05) is 26.2 Å². The van der Waals surface area contributed by atoms with E-state index in [1.54, 1.807) is 7.11 Å². The van der Waals surface area contributed by atoms with Crippen LogP contribution < -0.4 is 0 Å². The molecule has 0 saturated carbocycles. The molecular weight excluding hydrogens is 550 g/mol. The summed E-state index contributed by atoms with van der Waals surface area (Å²) in [5, 5.41) is 0. The van der Waals surface area contributed by atoms with E-state index in [0.717, 1.165) is 12.1 Å². The second-order valence-corrected chi connectivity index (χ2v) is 10.1. The van der Waals surface area contributed by atoms with Gasteiger partial charge in [0.2, 0.25) is 0 Å². The first-order chi connectivity index (χ1) is 19.3. The van der Waals surface area contributed by atoms with Crippen molar-refractivity contribution < 1.29 is 40.6 Å². The molecule has 0 aliphatic carbocycles. The second kappa shape index (κ2) is 14.5. The van der Waals surface area contributed by atoms with Crippen LogP contribution in [-0.2, 0) is 26.6 Å². The highest BCUT2D eigenvalue weighted by Crippen LogP contribution is 2.39. The molecule has 11 heteroatoms. The van der Waals surface area contributed by atoms with Crippen LogP contribution in [0.4, 0.5) is 26.3 Å². The topological polar surface area (TPSA) is 34.2 Å². The molecule has 3 atom stereocenters. The van der Waals surface area contributed by atoms with E-state index in [1.165, 1.54) is 6.92 Å². The molecule has 1 aliphatic heterocycles. The number of ether oxygens (including phenoxy) is 3. The summed E-state index contributed by atoms with van der Waals surface area (Å²) in [6, 6.07) is 10.6. The minimum atomic E-state index is -4.95. The predicted molar refractivity (Wildman–Crippen MR) is 143 cm³/mol. The third kappa shape index (κ3) is 9.45. The van der Waals surface area contributed by atoms with Crippen LogP contribution in [0.3, 0.4) is 0 Å². The molecule has 1 saturated heterocycles. The van der Waals surface area contributed by atoms with Gasteiger partial charge >= 0.3 is 12.4 Å². The molecule has 2 aromatic carbocycles. The van der Waals surface area contributed by atoms with Gasteiger partial charge in [-0.05, 0) is 50.1 Å². The van der Waals surface area contributed by atoms with Crippen LogP contribution >= 0.6 is 0 Å². The molecule has 0 bridgehead atoms. The zero-order valence-electron chi connectivity index (χ0n) is 23.6. The molecule has 5 nitrogen and oxygen atoms in total. The molecule has 226 valence electrons. The Bertz CT molecular complexity index is 1130. The van der Waals surface area contributed by atoms with Crippen molar-refractivity contribution >= 4 is 0 Å². The van der Waals surface area contributed by atoms with E-state index in [2.05, 4.69) is 30.6 Å². The van der Waals surface area contributed by atoms with Crippen LogP contribution in [0, 0.1) is 11.8 Å². The minimum absolute atomic E-state index is 0.107. The molecule has 1 aliphatic rings. The normalized spacial score (nSPS) is 19.3. The maximum atomic E-state index is 13.4. The highest BCUT2D eigenvalue weighted by molar-refractivity contribution is 5.34. The van der Waals surface area contributed by atoms with Gasteiger partial charge < -0.3 is 14.2 Å². The lowest BCUT2D eigenvalue weighted by Crippen LogP contribution is -2.46. The van der Waals surface area contributed by atoms with Crippen molar-refractivity contribution in [3.8, 4) is 11.8 Å². The van der Waals surface area contributed by atoms with Crippen LogP contribution in [0.1, 0.15) is 55.2 Å². The van der Waals surface area contributed by atoms with Crippen molar-refractivity contribution in [3.63, 3.8) is 0 Å². The Morgan fingerprint density at radius 1 is 0.976 bits per heavy atom. The van der Waals surface area contributed by atoms with Crippen LogP contribution in [-0.4, -0.2) is 68.6 Å². The standard InChI is InChI=1S/C30H36F6N2O3/c1-21(2)37(14-16-39-4)12-8-9-13-38-15-17-40-28(27(38)23-10-6-5-7-11-23)41-22(3)24-18-25(29(31,32)33)20-26(19-24)30(34,35)36/h5-7,10-11,18-22,27-28H,12-17H2,1-4H3/t22-,27+,28-/m1/s1. The Hall–Kier alpha value is -2.62. The zero-order valence-corrected chi connectivity index (χ0v) is 23.6. The fourth-order valence-corrected chi connectivity index (χ4v) is 4.53. The van der Waals surface area contributed by atoms with Gasteiger partial charge in [-0.1, -0.05) is 42.2 Å². The third-order valence-electron chi connectivity index (χ3n) is 6.87. The smallest absolute Gasteiger partial charge is 0.383 e. The maximum absolute atomic E-state index is 13.4. The highest BCUT2D eigenvalue weighted by Gasteiger charge is 2.39. The van der Waals surface area contributed by atoms with E-state index in [0.29, 0.717) is 38.4 Å². The average Bonchev–Trinajstić information content (AvgIpc) is 2.91. The van der Waals surface area contributed by atoms with Gasteiger partial charge in [0.1, 0.15) is 0 Å². The van der Waals surface area contributed by atoms with Crippen molar-refractivity contribution in [2.75, 3.05) is 46.5 Å². The van der Waals surface area contributed by atoms with E-state index >= 15 is 0 Å². The summed E-state index contributed by atoms with van der Waals surface area (Å²) in [6.45, 7) is 8.60. The fraction of sp³-hybridized carbons (Fsp3) is 0.533. The van der Waals surface area contributed by atoms with Crippen LogP contribution in [0.2, 0.25) is 0 Å². The number of morpholine rings is 1. The molecule has 2 aromatic rings. The fourth-order valence-electron chi connectivity index (χ4n) is 4.53. The molecule has 1 fully saturated rings. The van der Waals surface area contributed by atoms with Crippen molar-refractivity contribution in [2.45, 2.75) is 57.6 Å². The van der Waals surface area contributed by atoms with Gasteiger partial charge in [-0.15, -0.1) is 0 Å². The van der Waals surface area contributed by atoms with Gasteiger partial charge in [-0.25, -0.2) is 0 Å². The summed E-state index contributed by atoms with van der Waals surface area (Å²) >= 11 is 0. The number of methoxy groups -OCH3 is 1. The lowest BCUT2D eigenvalue weighted by molar-refractivity contribution is -0.228. The summed E-state index contributed by atoms with van der Waals surface area (Å²) in [6.07, 6.45) is -12.0. The van der Waals surface area contributed by atoms with E-state index in [9.17, 15) is 26.3 Å². The Labute approximate surface area is 237 Å². The van der Waals surface area contributed by atoms with E-state index in [-0.39, 0.29) is 24.3 Å². The Morgan fingerprint density at radius 2 is 1.61 bits per heavy atom. The van der Waals surface area contributed by atoms with E-state index < -0.39 is 41.9 Å². The van der Waals surface area contributed by atoms with Gasteiger partial charge in [0.25, 0.3) is 0 Å². The number of halogens is 6. The molecule has 1 heterocycles. The number of nitrogens with zero attached hydrogens (tertiary/aromatic N) is 2. The van der Waals surface area contributed by atoms with Crippen molar-refractivity contribution in [1.29, 1.82) is 0 Å². The summed E-state index contributed by atoms with van der Waals surface area (Å²) in [7, 11) is 1.65. The molecule has 0 aromatic heterocycles. The van der Waals surface area contributed by atoms with Crippen molar-refractivity contribution in [2.24, 2.45) is 0 Å². The number of hydrogen-bond donors (Lipinski definition) is 0. The second-order valence-electron chi connectivity index (χ2n) is 10.1. The maximum Gasteiger partial charge on any atom is 0.416 e. The molecule has 0 N–H and O–H groups in total. The Balaban J connectivity index is 1.84. The van der Waals surface area contributed by atoms with Gasteiger partial charge in [-0.3, -0.25) is 9.80 Å². The highest BCUT2D eigenvalue weighted by atomic mass is 19.4. The quantitative estimate of drug-likeness (QED) is 0.233. The van der Waals surface area contributed by atoms with E-state index in [4.69, 9.17) is 14.2 Å². The lowest BCUT2D eigenvalue weighted by atomic mass is 10.0. The molecule has 0 unspecified atom stereocenters. The van der Waals surface area contributed by atoms with Crippen molar-refractivity contribution in [3.05, 3.63) is 70.8 Å². The molecule has 0 radical (unpaired) electrons. The number of alkyl halides is 6. The summed E-state index contributed by atoms with van der Waals surface area (Å²) in [5.41, 5.74) is -2.20. The summed E-state index contributed by atoms with van der Waals surface area (Å²) in [5.74, 6) is 6.40. The zero-order chi connectivity index (χ0) is 30.2. The predicted octanol–water partition coefficient (Wildman–Crippen LogP) is 6.56. The molecule has 0 amide bonds. The molecule has 41 heavy (non-hydrogen) atoms. The van der Waals surface area contributed by atoms with Crippen LogP contribution in [0.15, 0.2) is 48.5 Å². The summed E-state index contributed by atoms with van der Waals surface area (Å²) in [4.78, 5) is 4.23. The SMILES string of the molecule is COCCN(CC#CCN1CCO[C@H](O[C@H](C)c2cc(C(F)(F)F)cc(C(F)(F)F)c2)[C@@H]1c1ccccc1)C(C)C. The molecular formula is C30H36F6N2O3. The lowest BCUT2D eigenvalue weighted by Gasteiger charge is -2.41. The first kappa shape index (κ1) is 32.9. The Morgan fingerprint density at radius 3 is 2.17 bits per heavy atom.